The van der Waals surface area contributed by atoms with E-state index in [4.69, 9.17) is 0 Å². The number of thiophene rings is 2. The lowest BCUT2D eigenvalue weighted by molar-refractivity contribution is 0.181. The van der Waals surface area contributed by atoms with E-state index in [1.54, 1.807) is 28.9 Å². The van der Waals surface area contributed by atoms with Gasteiger partial charge in [-0.05, 0) is 47.0 Å². The van der Waals surface area contributed by atoms with E-state index in [2.05, 4.69) is 33.2 Å². The van der Waals surface area contributed by atoms with E-state index in [0.29, 0.717) is 6.54 Å². The van der Waals surface area contributed by atoms with Crippen LogP contribution in [0.1, 0.15) is 27.1 Å². The smallest absolute Gasteiger partial charge is 0.318 e. The zero-order valence-corrected chi connectivity index (χ0v) is 14.6. The fourth-order valence-electron chi connectivity index (χ4n) is 3.06. The predicted molar refractivity (Wildman–Crippen MR) is 97.4 cm³/mol. The van der Waals surface area contributed by atoms with Crippen LogP contribution in [-0.2, 0) is 13.0 Å². The van der Waals surface area contributed by atoms with Gasteiger partial charge < -0.3 is 10.2 Å². The number of aromatic nitrogens is 1. The average Bonchev–Trinajstić information content (AvgIpc) is 3.31. The van der Waals surface area contributed by atoms with Crippen molar-refractivity contribution >= 4 is 28.7 Å². The molecule has 2 amide bonds. The molecule has 1 atom stereocenters. The van der Waals surface area contributed by atoms with Crippen molar-refractivity contribution in [3.63, 3.8) is 0 Å². The van der Waals surface area contributed by atoms with Crippen molar-refractivity contribution in [3.05, 3.63) is 74.4 Å². The van der Waals surface area contributed by atoms with Crippen LogP contribution in [0.4, 0.5) is 4.79 Å². The lowest BCUT2D eigenvalue weighted by Gasteiger charge is -2.35. The van der Waals surface area contributed by atoms with Crippen LogP contribution < -0.4 is 5.32 Å². The normalized spacial score (nSPS) is 16.7. The SMILES string of the molecule is O=C(NCc1ccccn1)N1CCc2sccc2[C@@H]1c1cccs1. The molecular weight excluding hydrogens is 338 g/mol. The first-order valence-electron chi connectivity index (χ1n) is 7.87. The first-order chi connectivity index (χ1) is 11.8. The number of rotatable bonds is 3. The van der Waals surface area contributed by atoms with Gasteiger partial charge in [-0.1, -0.05) is 12.1 Å². The lowest BCUT2D eigenvalue weighted by Crippen LogP contribution is -2.45. The monoisotopic (exact) mass is 355 g/mol. The van der Waals surface area contributed by atoms with E-state index in [0.717, 1.165) is 18.7 Å². The summed E-state index contributed by atoms with van der Waals surface area (Å²) >= 11 is 3.49. The molecule has 0 spiro atoms. The van der Waals surface area contributed by atoms with Crippen LogP contribution in [0.5, 0.6) is 0 Å². The van der Waals surface area contributed by atoms with Gasteiger partial charge in [0.1, 0.15) is 0 Å². The van der Waals surface area contributed by atoms with Crippen molar-refractivity contribution in [1.29, 1.82) is 0 Å². The van der Waals surface area contributed by atoms with Crippen molar-refractivity contribution in [3.8, 4) is 0 Å². The Bertz CT molecular complexity index is 814. The average molecular weight is 355 g/mol. The second-order valence-corrected chi connectivity index (χ2v) is 7.62. The van der Waals surface area contributed by atoms with Crippen molar-refractivity contribution in [2.24, 2.45) is 0 Å². The molecule has 0 bridgehead atoms. The third-order valence-corrected chi connectivity index (χ3v) is 6.11. The van der Waals surface area contributed by atoms with E-state index in [9.17, 15) is 4.79 Å². The number of carbonyl (C=O) groups is 1. The summed E-state index contributed by atoms with van der Waals surface area (Å²) in [5, 5.41) is 7.21. The minimum absolute atomic E-state index is 0.0173. The van der Waals surface area contributed by atoms with Crippen LogP contribution in [-0.4, -0.2) is 22.5 Å². The molecule has 1 aliphatic rings. The molecule has 4 nitrogen and oxygen atoms in total. The first-order valence-corrected chi connectivity index (χ1v) is 9.63. The summed E-state index contributed by atoms with van der Waals surface area (Å²) in [6.07, 6.45) is 2.67. The van der Waals surface area contributed by atoms with Crippen LogP contribution in [0.3, 0.4) is 0 Å². The minimum Gasteiger partial charge on any atom is -0.332 e. The molecule has 0 saturated carbocycles. The fraction of sp³-hybridized carbons (Fsp3) is 0.222. The summed E-state index contributed by atoms with van der Waals surface area (Å²) in [5.74, 6) is 0. The Morgan fingerprint density at radius 1 is 1.21 bits per heavy atom. The highest BCUT2D eigenvalue weighted by Gasteiger charge is 2.33. The Hall–Kier alpha value is -2.18. The van der Waals surface area contributed by atoms with Crippen LogP contribution >= 0.6 is 22.7 Å². The Balaban J connectivity index is 1.56. The van der Waals surface area contributed by atoms with Crippen molar-refractivity contribution in [1.82, 2.24) is 15.2 Å². The molecule has 0 aliphatic carbocycles. The molecule has 122 valence electrons. The Morgan fingerprint density at radius 2 is 2.17 bits per heavy atom. The molecule has 0 unspecified atom stereocenters. The number of hydrogen-bond donors (Lipinski definition) is 1. The number of urea groups is 1. The number of nitrogens with one attached hydrogen (secondary N) is 1. The molecule has 6 heteroatoms. The maximum atomic E-state index is 12.8. The second-order valence-electron chi connectivity index (χ2n) is 5.64. The Labute approximate surface area is 148 Å². The summed E-state index contributed by atoms with van der Waals surface area (Å²) in [6, 6.07) is 12.0. The van der Waals surface area contributed by atoms with Crippen LogP contribution in [0.25, 0.3) is 0 Å². The molecule has 0 radical (unpaired) electrons. The van der Waals surface area contributed by atoms with Gasteiger partial charge in [-0.3, -0.25) is 4.98 Å². The van der Waals surface area contributed by atoms with E-state index >= 15 is 0 Å². The summed E-state index contributed by atoms with van der Waals surface area (Å²) in [6.45, 7) is 1.19. The highest BCUT2D eigenvalue weighted by molar-refractivity contribution is 7.10. The van der Waals surface area contributed by atoms with Crippen molar-refractivity contribution < 1.29 is 4.79 Å². The number of pyridine rings is 1. The minimum atomic E-state index is -0.0316. The van der Waals surface area contributed by atoms with Gasteiger partial charge in [0.25, 0.3) is 0 Å². The fourth-order valence-corrected chi connectivity index (χ4v) is 4.82. The van der Waals surface area contributed by atoms with Crippen LogP contribution in [0, 0.1) is 0 Å². The number of nitrogens with zero attached hydrogens (tertiary/aromatic N) is 2. The maximum Gasteiger partial charge on any atom is 0.318 e. The molecular formula is C18H17N3OS2. The van der Waals surface area contributed by atoms with Crippen LogP contribution in [0.15, 0.2) is 53.4 Å². The number of carbonyl (C=O) groups excluding carboxylic acids is 1. The van der Waals surface area contributed by atoms with Crippen LogP contribution in [0.2, 0.25) is 0 Å². The molecule has 3 aromatic heterocycles. The molecule has 0 saturated heterocycles. The van der Waals surface area contributed by atoms with Gasteiger partial charge in [0.15, 0.2) is 0 Å². The van der Waals surface area contributed by atoms with E-state index in [-0.39, 0.29) is 12.1 Å². The van der Waals surface area contributed by atoms with E-state index in [1.165, 1.54) is 15.3 Å². The Kier molecular flexibility index (Phi) is 4.32. The third kappa shape index (κ3) is 2.95. The summed E-state index contributed by atoms with van der Waals surface area (Å²) in [4.78, 5) is 21.6. The molecule has 24 heavy (non-hydrogen) atoms. The van der Waals surface area contributed by atoms with Gasteiger partial charge in [-0.15, -0.1) is 22.7 Å². The molecule has 4 rings (SSSR count). The first kappa shape index (κ1) is 15.4. The number of hydrogen-bond acceptors (Lipinski definition) is 4. The third-order valence-electron chi connectivity index (χ3n) is 4.19. The van der Waals surface area contributed by atoms with E-state index in [1.807, 2.05) is 29.2 Å². The maximum absolute atomic E-state index is 12.8. The van der Waals surface area contributed by atoms with Gasteiger partial charge in [-0.25, -0.2) is 4.79 Å². The molecule has 0 fully saturated rings. The molecule has 4 heterocycles. The topological polar surface area (TPSA) is 45.2 Å². The molecule has 0 aromatic carbocycles. The zero-order chi connectivity index (χ0) is 16.4. The lowest BCUT2D eigenvalue weighted by atomic mass is 9.99. The molecule has 3 aromatic rings. The highest BCUT2D eigenvalue weighted by atomic mass is 32.1. The largest absolute Gasteiger partial charge is 0.332 e. The quantitative estimate of drug-likeness (QED) is 0.770. The van der Waals surface area contributed by atoms with Gasteiger partial charge in [0.2, 0.25) is 0 Å². The molecule has 1 aliphatic heterocycles. The van der Waals surface area contributed by atoms with Gasteiger partial charge in [0.05, 0.1) is 18.3 Å². The number of amides is 2. The predicted octanol–water partition coefficient (Wildman–Crippen LogP) is 4.06. The standard InChI is InChI=1S/C18H17N3OS2/c22-18(20-12-13-4-1-2-8-19-13)21-9-6-15-14(7-11-24-15)17(21)16-5-3-10-23-16/h1-5,7-8,10-11,17H,6,9,12H2,(H,20,22)/t17-/m1/s1. The van der Waals surface area contributed by atoms with Gasteiger partial charge in [-0.2, -0.15) is 0 Å². The van der Waals surface area contributed by atoms with Crippen molar-refractivity contribution in [2.75, 3.05) is 6.54 Å². The summed E-state index contributed by atoms with van der Waals surface area (Å²) in [7, 11) is 0. The zero-order valence-electron chi connectivity index (χ0n) is 13.0. The summed E-state index contributed by atoms with van der Waals surface area (Å²) < 4.78 is 0. The van der Waals surface area contributed by atoms with E-state index < -0.39 is 0 Å². The van der Waals surface area contributed by atoms with Crippen molar-refractivity contribution in [2.45, 2.75) is 19.0 Å². The van der Waals surface area contributed by atoms with Gasteiger partial charge in [0, 0.05) is 22.5 Å². The number of fused-ring (bicyclic) bond motifs is 1. The summed E-state index contributed by atoms with van der Waals surface area (Å²) in [5.41, 5.74) is 2.13. The highest BCUT2D eigenvalue weighted by Crippen LogP contribution is 2.39. The Morgan fingerprint density at radius 3 is 2.96 bits per heavy atom. The second kappa shape index (κ2) is 6.75. The van der Waals surface area contributed by atoms with Gasteiger partial charge >= 0.3 is 6.03 Å². The molecule has 1 N–H and O–H groups in total.